The molecule has 5 aromatic rings. The third kappa shape index (κ3) is 7.11. The molecular weight excluding hydrogens is 683 g/mol. The highest BCUT2D eigenvalue weighted by atomic mass is 16.5. The van der Waals surface area contributed by atoms with Crippen LogP contribution in [0.3, 0.4) is 0 Å². The van der Waals surface area contributed by atoms with Gasteiger partial charge in [0, 0.05) is 62.5 Å². The molecule has 3 aliphatic rings. The highest BCUT2D eigenvalue weighted by Crippen LogP contribution is 2.39. The Balaban J connectivity index is 0.900. The quantitative estimate of drug-likeness (QED) is 0.168. The lowest BCUT2D eigenvalue weighted by atomic mass is 9.88. The zero-order valence-electron chi connectivity index (χ0n) is 31.1. The zero-order valence-corrected chi connectivity index (χ0v) is 31.1. The number of imide groups is 1. The monoisotopic (exact) mass is 729 g/mol. The summed E-state index contributed by atoms with van der Waals surface area (Å²) in [5.41, 5.74) is 9.64. The maximum Gasteiger partial charge on any atom is 0.276 e. The molecule has 3 aromatic carbocycles. The van der Waals surface area contributed by atoms with Crippen LogP contribution in [-0.4, -0.2) is 76.3 Å². The molecule has 2 amide bonds. The Hall–Kier alpha value is -5.46. The van der Waals surface area contributed by atoms with E-state index < -0.39 is 0 Å². The topological polar surface area (TPSA) is 134 Å². The lowest BCUT2D eigenvalue weighted by Gasteiger charge is -2.35. The van der Waals surface area contributed by atoms with Crippen LogP contribution in [0.2, 0.25) is 0 Å². The number of methoxy groups -OCH3 is 2. The molecule has 5 heterocycles. The van der Waals surface area contributed by atoms with Gasteiger partial charge in [0.05, 0.1) is 26.0 Å². The molecule has 2 saturated heterocycles. The van der Waals surface area contributed by atoms with Crippen LogP contribution in [0, 0.1) is 0 Å². The van der Waals surface area contributed by atoms with Gasteiger partial charge in [-0.25, -0.2) is 0 Å². The van der Waals surface area contributed by atoms with Gasteiger partial charge in [-0.3, -0.25) is 34.6 Å². The molecule has 0 radical (unpaired) electrons. The van der Waals surface area contributed by atoms with Gasteiger partial charge in [-0.1, -0.05) is 30.3 Å². The SMILES string of the molecule is COc1cc(-c2cn(C)c(=O)c3[nH]ncc23)cc(OC)c1CN1CCc2c(CN3CCC(c4ccc(NC5CCC(=O)NC5=O)cc4)CC3)cccc2C1. The van der Waals surface area contributed by atoms with E-state index in [0.717, 1.165) is 91.2 Å². The average molecular weight is 730 g/mol. The summed E-state index contributed by atoms with van der Waals surface area (Å²) in [4.78, 5) is 41.3. The van der Waals surface area contributed by atoms with Gasteiger partial charge in [0.15, 0.2) is 0 Å². The van der Waals surface area contributed by atoms with Crippen molar-refractivity contribution in [3.63, 3.8) is 0 Å². The Morgan fingerprint density at radius 2 is 1.65 bits per heavy atom. The molecule has 12 heteroatoms. The van der Waals surface area contributed by atoms with E-state index in [1.54, 1.807) is 32.0 Å². The first-order valence-corrected chi connectivity index (χ1v) is 18.8. The fourth-order valence-corrected chi connectivity index (χ4v) is 8.48. The third-order valence-corrected chi connectivity index (χ3v) is 11.5. The number of pyridine rings is 1. The molecule has 0 saturated carbocycles. The Morgan fingerprint density at radius 1 is 0.889 bits per heavy atom. The number of aromatic nitrogens is 3. The van der Waals surface area contributed by atoms with Crippen LogP contribution in [0.5, 0.6) is 11.5 Å². The van der Waals surface area contributed by atoms with Crippen molar-refractivity contribution in [3.05, 3.63) is 105 Å². The number of hydrogen-bond acceptors (Lipinski definition) is 9. The van der Waals surface area contributed by atoms with E-state index in [1.807, 2.05) is 18.3 Å². The predicted molar refractivity (Wildman–Crippen MR) is 208 cm³/mol. The van der Waals surface area contributed by atoms with Crippen molar-refractivity contribution in [1.29, 1.82) is 0 Å². The third-order valence-electron chi connectivity index (χ3n) is 11.5. The summed E-state index contributed by atoms with van der Waals surface area (Å²) >= 11 is 0. The van der Waals surface area contributed by atoms with Crippen molar-refractivity contribution in [2.45, 2.75) is 63.7 Å². The second-order valence-electron chi connectivity index (χ2n) is 14.8. The number of piperidine rings is 2. The Bertz CT molecular complexity index is 2230. The molecule has 3 N–H and O–H groups in total. The van der Waals surface area contributed by atoms with Gasteiger partial charge in [0.25, 0.3) is 5.56 Å². The van der Waals surface area contributed by atoms with Crippen LogP contribution in [0.1, 0.15) is 59.4 Å². The number of H-pyrrole nitrogens is 1. The van der Waals surface area contributed by atoms with Crippen LogP contribution >= 0.6 is 0 Å². The van der Waals surface area contributed by atoms with E-state index in [-0.39, 0.29) is 23.4 Å². The summed E-state index contributed by atoms with van der Waals surface area (Å²) in [5.74, 6) is 1.56. The van der Waals surface area contributed by atoms with E-state index >= 15 is 0 Å². The highest BCUT2D eigenvalue weighted by molar-refractivity contribution is 6.01. The number of aromatic amines is 1. The van der Waals surface area contributed by atoms with Crippen molar-refractivity contribution < 1.29 is 19.1 Å². The number of likely N-dealkylation sites (tertiary alicyclic amines) is 1. The molecule has 0 aliphatic carbocycles. The van der Waals surface area contributed by atoms with Crippen molar-refractivity contribution in [2.75, 3.05) is 39.2 Å². The summed E-state index contributed by atoms with van der Waals surface area (Å²) in [7, 11) is 5.12. The molecule has 2 fully saturated rings. The normalized spacial score (nSPS) is 18.4. The van der Waals surface area contributed by atoms with Crippen molar-refractivity contribution in [2.24, 2.45) is 7.05 Å². The largest absolute Gasteiger partial charge is 0.496 e. The van der Waals surface area contributed by atoms with Gasteiger partial charge in [0.1, 0.15) is 23.1 Å². The summed E-state index contributed by atoms with van der Waals surface area (Å²) in [5, 5.41) is 13.4. The predicted octanol–water partition coefficient (Wildman–Crippen LogP) is 5.10. The number of hydrogen-bond donors (Lipinski definition) is 3. The van der Waals surface area contributed by atoms with E-state index in [4.69, 9.17) is 9.47 Å². The number of carbonyl (C=O) groups excluding carboxylic acids is 2. The molecule has 0 spiro atoms. The maximum atomic E-state index is 12.6. The number of nitrogens with one attached hydrogen (secondary N) is 3. The number of fused-ring (bicyclic) bond motifs is 2. The van der Waals surface area contributed by atoms with Gasteiger partial charge >= 0.3 is 0 Å². The van der Waals surface area contributed by atoms with Gasteiger partial charge in [-0.2, -0.15) is 5.10 Å². The number of anilines is 1. The first kappa shape index (κ1) is 35.6. The lowest BCUT2D eigenvalue weighted by Crippen LogP contribution is -2.47. The molecule has 8 rings (SSSR count). The highest BCUT2D eigenvalue weighted by Gasteiger charge is 2.28. The number of nitrogens with zero attached hydrogens (tertiary/aromatic N) is 4. The Kier molecular flexibility index (Phi) is 9.95. The second-order valence-corrected chi connectivity index (χ2v) is 14.8. The van der Waals surface area contributed by atoms with E-state index in [9.17, 15) is 14.4 Å². The molecule has 2 aromatic heterocycles. The first-order chi connectivity index (χ1) is 26.3. The number of amides is 2. The van der Waals surface area contributed by atoms with Crippen molar-refractivity contribution in [3.8, 4) is 22.6 Å². The van der Waals surface area contributed by atoms with E-state index in [1.165, 1.54) is 22.3 Å². The summed E-state index contributed by atoms with van der Waals surface area (Å²) in [6.07, 6.45) is 7.62. The Morgan fingerprint density at radius 3 is 2.37 bits per heavy atom. The molecular formula is C42H47N7O5. The van der Waals surface area contributed by atoms with E-state index in [0.29, 0.717) is 30.8 Å². The van der Waals surface area contributed by atoms with Gasteiger partial charge in [-0.05, 0) is 96.8 Å². The molecule has 0 bridgehead atoms. The first-order valence-electron chi connectivity index (χ1n) is 18.8. The fraction of sp³-hybridized carbons (Fsp3) is 0.381. The van der Waals surface area contributed by atoms with Crippen molar-refractivity contribution >= 4 is 28.4 Å². The molecule has 280 valence electrons. The maximum absolute atomic E-state index is 12.6. The lowest BCUT2D eigenvalue weighted by molar-refractivity contribution is -0.133. The fourth-order valence-electron chi connectivity index (χ4n) is 8.48. The minimum atomic E-state index is -0.372. The van der Waals surface area contributed by atoms with Crippen LogP contribution in [0.4, 0.5) is 5.69 Å². The number of benzene rings is 3. The van der Waals surface area contributed by atoms with Gasteiger partial charge in [0.2, 0.25) is 11.8 Å². The van der Waals surface area contributed by atoms with Crippen LogP contribution in [0.15, 0.2) is 71.8 Å². The van der Waals surface area contributed by atoms with Gasteiger partial charge in [-0.15, -0.1) is 0 Å². The molecule has 12 nitrogen and oxygen atoms in total. The number of aryl methyl sites for hydroxylation is 1. The number of rotatable bonds is 10. The molecule has 1 unspecified atom stereocenters. The van der Waals surface area contributed by atoms with Gasteiger partial charge < -0.3 is 19.4 Å². The summed E-state index contributed by atoms with van der Waals surface area (Å²) < 4.78 is 13.5. The van der Waals surface area contributed by atoms with E-state index in [2.05, 4.69) is 73.1 Å². The zero-order chi connectivity index (χ0) is 37.3. The minimum Gasteiger partial charge on any atom is -0.496 e. The van der Waals surface area contributed by atoms with Crippen LogP contribution < -0.4 is 25.7 Å². The summed E-state index contributed by atoms with van der Waals surface area (Å²) in [6, 6.07) is 18.9. The average Bonchev–Trinajstić information content (AvgIpc) is 3.69. The number of ether oxygens (including phenoxy) is 2. The van der Waals surface area contributed by atoms with Crippen LogP contribution in [-0.2, 0) is 42.7 Å². The van der Waals surface area contributed by atoms with Crippen LogP contribution in [0.25, 0.3) is 22.0 Å². The van der Waals surface area contributed by atoms with Crippen molar-refractivity contribution in [1.82, 2.24) is 29.9 Å². The molecule has 1 atom stereocenters. The number of carbonyl (C=O) groups is 2. The molecule has 54 heavy (non-hydrogen) atoms. The summed E-state index contributed by atoms with van der Waals surface area (Å²) in [6.45, 7) is 5.54. The minimum absolute atomic E-state index is 0.123. The molecule has 3 aliphatic heterocycles. The standard InChI is InChI=1S/C42H47N7O5/c1-47-24-34(33-21-43-46-40(33)42(47)52)30-19-37(53-2)35(38(20-30)54-3)25-49-18-15-32-28(5-4-6-29(32)23-49)22-48-16-13-27(14-17-48)26-7-9-31(10-8-26)44-36-11-12-39(50)45-41(36)51/h4-10,19-21,24,27,36,44H,11-18,22-23,25H2,1-3H3,(H,43,46)(H,45,50,51). The smallest absolute Gasteiger partial charge is 0.276 e. The second kappa shape index (κ2) is 15.1. The Labute approximate surface area is 314 Å².